The fraction of sp³-hybridized carbons (Fsp3) is 1.00. The lowest BCUT2D eigenvalue weighted by Gasteiger charge is -2.38. The van der Waals surface area contributed by atoms with Crippen LogP contribution in [0.2, 0.25) is 0 Å². The largest absolute Gasteiger partial charge is 0.131 e. The molecule has 146 valence electrons. The normalized spacial score (nSPS) is 13.4. The highest BCUT2D eigenvalue weighted by atomic mass is 31.0. The molecule has 0 aromatic rings. The van der Waals surface area contributed by atoms with E-state index in [1.165, 1.54) is 109 Å². The first-order chi connectivity index (χ1) is 11.6. The molecule has 0 aliphatic carbocycles. The van der Waals surface area contributed by atoms with E-state index in [9.17, 15) is 0 Å². The van der Waals surface area contributed by atoms with Crippen LogP contribution in [0.15, 0.2) is 0 Å². The summed E-state index contributed by atoms with van der Waals surface area (Å²) in [6, 6.07) is 0. The van der Waals surface area contributed by atoms with Gasteiger partial charge >= 0.3 is 0 Å². The van der Waals surface area contributed by atoms with Crippen molar-refractivity contribution < 1.29 is 0 Å². The van der Waals surface area contributed by atoms with E-state index in [2.05, 4.69) is 36.9 Å². The van der Waals surface area contributed by atoms with Gasteiger partial charge in [0.25, 0.3) is 0 Å². The Kier molecular flexibility index (Phi) is 17.2. The van der Waals surface area contributed by atoms with Crippen molar-refractivity contribution in [1.29, 1.82) is 0 Å². The van der Waals surface area contributed by atoms with Crippen molar-refractivity contribution in [1.82, 2.24) is 0 Å². The Bertz CT molecular complexity index is 240. The maximum atomic E-state index is 3.36. The molecule has 0 radical (unpaired) electrons. The van der Waals surface area contributed by atoms with E-state index in [1.807, 2.05) is 0 Å². The van der Waals surface area contributed by atoms with Crippen molar-refractivity contribution in [2.45, 2.75) is 142 Å². The summed E-state index contributed by atoms with van der Waals surface area (Å²) in [7, 11) is 3.36. The molecule has 0 bridgehead atoms. The van der Waals surface area contributed by atoms with E-state index >= 15 is 0 Å². The molecule has 1 heteroatoms. The van der Waals surface area contributed by atoms with Crippen LogP contribution in [0.3, 0.4) is 0 Å². The summed E-state index contributed by atoms with van der Waals surface area (Å²) >= 11 is 0. The molecular weight excluding hydrogens is 307 g/mol. The molecule has 0 nitrogen and oxygen atoms in total. The van der Waals surface area contributed by atoms with Gasteiger partial charge in [0.1, 0.15) is 0 Å². The highest BCUT2D eigenvalue weighted by molar-refractivity contribution is 7.19. The third-order valence-corrected chi connectivity index (χ3v) is 6.90. The summed E-state index contributed by atoms with van der Waals surface area (Å²) in [5, 5.41) is 0.531. The monoisotopic (exact) mass is 356 g/mol. The smallest absolute Gasteiger partial charge is 0.0122 e. The Labute approximate surface area is 157 Å². The molecule has 0 saturated heterocycles. The van der Waals surface area contributed by atoms with Gasteiger partial charge in [0, 0.05) is 0 Å². The summed E-state index contributed by atoms with van der Waals surface area (Å²) in [5.41, 5.74) is 0. The minimum Gasteiger partial charge on any atom is -0.131 e. The van der Waals surface area contributed by atoms with Crippen LogP contribution in [0, 0.1) is 5.92 Å². The summed E-state index contributed by atoms with van der Waals surface area (Å²) in [6.45, 7) is 9.38. The lowest BCUT2D eigenvalue weighted by molar-refractivity contribution is 0.278. The van der Waals surface area contributed by atoms with Crippen LogP contribution in [0.5, 0.6) is 0 Å². The standard InChI is InChI=1S/C23H49P/c1-5-9-12-13-14-15-16-17-19-22(18-8-4)23(24,20-10-6-2)21-11-7-3/h22H,5-21,24H2,1-4H3. The molecule has 2 unspecified atom stereocenters. The Hall–Kier alpha value is 0.430. The van der Waals surface area contributed by atoms with E-state index in [1.54, 1.807) is 0 Å². The minimum absolute atomic E-state index is 0.531. The van der Waals surface area contributed by atoms with Crippen molar-refractivity contribution in [3.05, 3.63) is 0 Å². The van der Waals surface area contributed by atoms with Gasteiger partial charge in [0.05, 0.1) is 0 Å². The van der Waals surface area contributed by atoms with E-state index in [-0.39, 0.29) is 0 Å². The molecule has 0 N–H and O–H groups in total. The number of hydrogen-bond donors (Lipinski definition) is 0. The molecule has 0 aromatic heterocycles. The molecule has 0 aliphatic rings. The summed E-state index contributed by atoms with van der Waals surface area (Å²) in [5.74, 6) is 0.936. The Morgan fingerprint density at radius 1 is 0.542 bits per heavy atom. The number of hydrogen-bond acceptors (Lipinski definition) is 0. The van der Waals surface area contributed by atoms with Gasteiger partial charge in [-0.05, 0) is 36.8 Å². The highest BCUT2D eigenvalue weighted by Crippen LogP contribution is 2.43. The summed E-state index contributed by atoms with van der Waals surface area (Å²) in [4.78, 5) is 0. The summed E-state index contributed by atoms with van der Waals surface area (Å²) < 4.78 is 0. The maximum Gasteiger partial charge on any atom is -0.0122 e. The maximum absolute atomic E-state index is 3.36. The minimum atomic E-state index is 0.531. The second-order valence-corrected chi connectivity index (χ2v) is 9.34. The van der Waals surface area contributed by atoms with Crippen molar-refractivity contribution in [2.24, 2.45) is 5.92 Å². The number of rotatable bonds is 18. The Morgan fingerprint density at radius 3 is 1.46 bits per heavy atom. The molecule has 0 fully saturated rings. The molecule has 0 saturated carbocycles. The van der Waals surface area contributed by atoms with E-state index in [4.69, 9.17) is 0 Å². The molecule has 0 amide bonds. The van der Waals surface area contributed by atoms with Gasteiger partial charge in [-0.25, -0.2) is 0 Å². The Balaban J connectivity index is 4.24. The molecule has 0 spiro atoms. The van der Waals surface area contributed by atoms with E-state index < -0.39 is 0 Å². The van der Waals surface area contributed by atoms with E-state index in [0.29, 0.717) is 5.16 Å². The van der Waals surface area contributed by atoms with Crippen LogP contribution in [0.4, 0.5) is 0 Å². The van der Waals surface area contributed by atoms with Gasteiger partial charge in [0.2, 0.25) is 0 Å². The summed E-state index contributed by atoms with van der Waals surface area (Å²) in [6.07, 6.45) is 24.2. The average Bonchev–Trinajstić information content (AvgIpc) is 2.59. The van der Waals surface area contributed by atoms with Gasteiger partial charge in [-0.2, -0.15) is 0 Å². The van der Waals surface area contributed by atoms with Crippen molar-refractivity contribution in [2.75, 3.05) is 0 Å². The predicted octanol–water partition coefficient (Wildman–Crippen LogP) is 8.93. The number of unbranched alkanes of at least 4 members (excludes halogenated alkanes) is 9. The quantitative estimate of drug-likeness (QED) is 0.170. The van der Waals surface area contributed by atoms with Crippen LogP contribution in [0.1, 0.15) is 137 Å². The van der Waals surface area contributed by atoms with Crippen LogP contribution in [-0.2, 0) is 0 Å². The fourth-order valence-electron chi connectivity index (χ4n) is 4.14. The second-order valence-electron chi connectivity index (χ2n) is 8.19. The van der Waals surface area contributed by atoms with Crippen molar-refractivity contribution in [3.63, 3.8) is 0 Å². The zero-order valence-corrected chi connectivity index (χ0v) is 18.8. The van der Waals surface area contributed by atoms with Crippen LogP contribution < -0.4 is 0 Å². The molecule has 0 heterocycles. The Morgan fingerprint density at radius 2 is 1.00 bits per heavy atom. The average molecular weight is 357 g/mol. The third kappa shape index (κ3) is 11.9. The molecule has 0 rings (SSSR count). The molecule has 0 aliphatic heterocycles. The van der Waals surface area contributed by atoms with Crippen LogP contribution in [0.25, 0.3) is 0 Å². The molecule has 2 atom stereocenters. The first-order valence-corrected chi connectivity index (χ1v) is 12.0. The molecular formula is C23H49P. The zero-order valence-electron chi connectivity index (χ0n) is 17.7. The first kappa shape index (κ1) is 24.4. The van der Waals surface area contributed by atoms with Crippen LogP contribution in [-0.4, -0.2) is 5.16 Å². The van der Waals surface area contributed by atoms with Gasteiger partial charge in [-0.15, -0.1) is 9.24 Å². The van der Waals surface area contributed by atoms with Crippen molar-refractivity contribution in [3.8, 4) is 0 Å². The SMILES string of the molecule is CCCCCCCCCCC(CCC)C(P)(CCCC)CCCC. The molecule has 0 aromatic carbocycles. The zero-order chi connectivity index (χ0) is 18.1. The van der Waals surface area contributed by atoms with Crippen molar-refractivity contribution >= 4 is 9.24 Å². The highest BCUT2D eigenvalue weighted by Gasteiger charge is 2.32. The van der Waals surface area contributed by atoms with Gasteiger partial charge in [-0.1, -0.05) is 111 Å². The first-order valence-electron chi connectivity index (χ1n) is 11.4. The van der Waals surface area contributed by atoms with Gasteiger partial charge in [-0.3, -0.25) is 0 Å². The predicted molar refractivity (Wildman–Crippen MR) is 117 cm³/mol. The molecule has 24 heavy (non-hydrogen) atoms. The second kappa shape index (κ2) is 16.9. The van der Waals surface area contributed by atoms with Crippen LogP contribution >= 0.6 is 9.24 Å². The topological polar surface area (TPSA) is 0 Å². The lowest BCUT2D eigenvalue weighted by atomic mass is 9.77. The van der Waals surface area contributed by atoms with Gasteiger partial charge in [0.15, 0.2) is 0 Å². The fourth-order valence-corrected chi connectivity index (χ4v) is 4.88. The van der Waals surface area contributed by atoms with Gasteiger partial charge < -0.3 is 0 Å². The third-order valence-electron chi connectivity index (χ3n) is 5.85. The van der Waals surface area contributed by atoms with E-state index in [0.717, 1.165) is 5.92 Å². The lowest BCUT2D eigenvalue weighted by Crippen LogP contribution is -2.31.